The maximum atomic E-state index is 11.9. The summed E-state index contributed by atoms with van der Waals surface area (Å²) in [5.74, 6) is -0.197. The Morgan fingerprint density at radius 3 is 2.74 bits per heavy atom. The van der Waals surface area contributed by atoms with Gasteiger partial charge in [-0.25, -0.2) is 0 Å². The Kier molecular flexibility index (Phi) is 3.64. The van der Waals surface area contributed by atoms with Crippen LogP contribution in [0.3, 0.4) is 0 Å². The largest absolute Gasteiger partial charge is 0.345 e. The third kappa shape index (κ3) is 3.40. The summed E-state index contributed by atoms with van der Waals surface area (Å²) in [6.45, 7) is 6.60. The summed E-state index contributed by atoms with van der Waals surface area (Å²) in [5, 5.41) is 9.73. The fourth-order valence-electron chi connectivity index (χ4n) is 1.59. The van der Waals surface area contributed by atoms with Gasteiger partial charge in [0, 0.05) is 17.3 Å². The lowest BCUT2D eigenvalue weighted by Crippen LogP contribution is -2.23. The minimum absolute atomic E-state index is 0.0491. The number of hydrogen-bond acceptors (Lipinski definition) is 3. The van der Waals surface area contributed by atoms with Gasteiger partial charge in [0.2, 0.25) is 0 Å². The van der Waals surface area contributed by atoms with Crippen molar-refractivity contribution in [2.24, 2.45) is 0 Å². The van der Waals surface area contributed by atoms with E-state index >= 15 is 0 Å². The number of aromatic amines is 1. The molecule has 0 radical (unpaired) electrons. The second-order valence-electron chi connectivity index (χ2n) is 5.42. The van der Waals surface area contributed by atoms with Crippen LogP contribution in [0.25, 0.3) is 0 Å². The number of hydrogen-bond donors (Lipinski definition) is 2. The molecule has 2 heterocycles. The molecule has 0 spiro atoms. The van der Waals surface area contributed by atoms with E-state index in [9.17, 15) is 4.79 Å². The molecule has 0 atom stereocenters. The van der Waals surface area contributed by atoms with Gasteiger partial charge >= 0.3 is 0 Å². The van der Waals surface area contributed by atoms with Crippen LogP contribution in [0.2, 0.25) is 0 Å². The van der Waals surface area contributed by atoms with E-state index in [0.29, 0.717) is 12.2 Å². The van der Waals surface area contributed by atoms with Crippen molar-refractivity contribution >= 4 is 5.91 Å². The topological polar surface area (TPSA) is 70.7 Å². The van der Waals surface area contributed by atoms with Crippen LogP contribution < -0.4 is 5.32 Å². The first-order valence-electron chi connectivity index (χ1n) is 6.21. The van der Waals surface area contributed by atoms with Crippen LogP contribution >= 0.6 is 0 Å². The van der Waals surface area contributed by atoms with Crippen LogP contribution in [0.5, 0.6) is 0 Å². The fraction of sp³-hybridized carbons (Fsp3) is 0.357. The Morgan fingerprint density at radius 1 is 1.37 bits per heavy atom. The van der Waals surface area contributed by atoms with Gasteiger partial charge in [-0.1, -0.05) is 26.8 Å². The molecule has 0 saturated carbocycles. The molecule has 19 heavy (non-hydrogen) atoms. The maximum absolute atomic E-state index is 11.9. The van der Waals surface area contributed by atoms with Crippen molar-refractivity contribution in [1.82, 2.24) is 20.5 Å². The van der Waals surface area contributed by atoms with Gasteiger partial charge in [0.25, 0.3) is 5.91 Å². The van der Waals surface area contributed by atoms with Crippen LogP contribution in [-0.2, 0) is 12.0 Å². The van der Waals surface area contributed by atoms with Crippen molar-refractivity contribution in [3.05, 3.63) is 47.5 Å². The minimum Gasteiger partial charge on any atom is -0.345 e. The molecule has 5 nitrogen and oxygen atoms in total. The first-order valence-corrected chi connectivity index (χ1v) is 6.21. The van der Waals surface area contributed by atoms with E-state index in [1.165, 1.54) is 0 Å². The van der Waals surface area contributed by atoms with Crippen molar-refractivity contribution in [3.63, 3.8) is 0 Å². The van der Waals surface area contributed by atoms with Gasteiger partial charge in [0.15, 0.2) is 0 Å². The molecule has 0 aromatic carbocycles. The molecular weight excluding hydrogens is 240 g/mol. The molecule has 0 aliphatic rings. The second kappa shape index (κ2) is 5.22. The molecule has 100 valence electrons. The summed E-state index contributed by atoms with van der Waals surface area (Å²) in [7, 11) is 0. The number of aromatic nitrogens is 3. The van der Waals surface area contributed by atoms with E-state index in [1.807, 2.05) is 18.2 Å². The lowest BCUT2D eigenvalue weighted by molar-refractivity contribution is 0.0945. The minimum atomic E-state index is -0.197. The first-order chi connectivity index (χ1) is 8.97. The highest BCUT2D eigenvalue weighted by Crippen LogP contribution is 2.20. The molecule has 0 aliphatic heterocycles. The highest BCUT2D eigenvalue weighted by atomic mass is 16.1. The van der Waals surface area contributed by atoms with Gasteiger partial charge < -0.3 is 5.32 Å². The Hall–Kier alpha value is -2.17. The maximum Gasteiger partial charge on any atom is 0.272 e. The zero-order chi connectivity index (χ0) is 13.9. The van der Waals surface area contributed by atoms with Gasteiger partial charge in [-0.05, 0) is 18.2 Å². The highest BCUT2D eigenvalue weighted by Gasteiger charge is 2.19. The van der Waals surface area contributed by atoms with Crippen molar-refractivity contribution in [3.8, 4) is 0 Å². The Morgan fingerprint density at radius 2 is 2.16 bits per heavy atom. The summed E-state index contributed by atoms with van der Waals surface area (Å²) >= 11 is 0. The number of nitrogens with zero attached hydrogens (tertiary/aromatic N) is 2. The van der Waals surface area contributed by atoms with Crippen molar-refractivity contribution in [2.75, 3.05) is 0 Å². The molecule has 2 rings (SSSR count). The lowest BCUT2D eigenvalue weighted by Gasteiger charge is -2.14. The molecule has 5 heteroatoms. The third-order valence-corrected chi connectivity index (χ3v) is 2.77. The molecular formula is C14H18N4O. The number of H-pyrrole nitrogens is 1. The zero-order valence-corrected chi connectivity index (χ0v) is 11.4. The van der Waals surface area contributed by atoms with E-state index in [0.717, 1.165) is 11.4 Å². The number of pyridine rings is 1. The molecule has 1 amide bonds. The highest BCUT2D eigenvalue weighted by molar-refractivity contribution is 5.92. The molecule has 0 unspecified atom stereocenters. The standard InChI is InChI=1S/C14H18N4O/c1-14(2,3)12-8-11(17-18-12)13(19)16-9-10-6-4-5-7-15-10/h4-8H,9H2,1-3H3,(H,16,19)(H,17,18). The fourth-order valence-corrected chi connectivity index (χ4v) is 1.59. The zero-order valence-electron chi connectivity index (χ0n) is 11.4. The number of carbonyl (C=O) groups is 1. The monoisotopic (exact) mass is 258 g/mol. The number of rotatable bonds is 3. The number of amides is 1. The van der Waals surface area contributed by atoms with Crippen LogP contribution in [0.4, 0.5) is 0 Å². The van der Waals surface area contributed by atoms with Crippen LogP contribution in [0.1, 0.15) is 42.6 Å². The normalized spacial score (nSPS) is 11.3. The summed E-state index contributed by atoms with van der Waals surface area (Å²) < 4.78 is 0. The summed E-state index contributed by atoms with van der Waals surface area (Å²) in [5.41, 5.74) is 2.12. The van der Waals surface area contributed by atoms with Crippen molar-refractivity contribution < 1.29 is 4.79 Å². The van der Waals surface area contributed by atoms with Gasteiger partial charge in [-0.15, -0.1) is 0 Å². The van der Waals surface area contributed by atoms with Gasteiger partial charge in [-0.2, -0.15) is 5.10 Å². The Labute approximate surface area is 112 Å². The summed E-state index contributed by atoms with van der Waals surface area (Å²) in [6.07, 6.45) is 1.70. The molecule has 0 bridgehead atoms. The van der Waals surface area contributed by atoms with E-state index in [2.05, 4.69) is 41.3 Å². The molecule has 0 aliphatic carbocycles. The molecule has 0 saturated heterocycles. The van der Waals surface area contributed by atoms with Crippen molar-refractivity contribution in [2.45, 2.75) is 32.7 Å². The van der Waals surface area contributed by atoms with Crippen LogP contribution in [0, 0.1) is 0 Å². The molecule has 2 aromatic heterocycles. The number of nitrogens with one attached hydrogen (secondary N) is 2. The Bertz CT molecular complexity index is 554. The predicted octanol–water partition coefficient (Wildman–Crippen LogP) is 2.03. The van der Waals surface area contributed by atoms with Gasteiger partial charge in [-0.3, -0.25) is 14.9 Å². The van der Waals surface area contributed by atoms with E-state index in [-0.39, 0.29) is 11.3 Å². The average Bonchev–Trinajstić information content (AvgIpc) is 2.87. The number of carbonyl (C=O) groups excluding carboxylic acids is 1. The van der Waals surface area contributed by atoms with Crippen LogP contribution in [0.15, 0.2) is 30.5 Å². The van der Waals surface area contributed by atoms with E-state index < -0.39 is 0 Å². The van der Waals surface area contributed by atoms with E-state index in [1.54, 1.807) is 12.3 Å². The predicted molar refractivity (Wildman–Crippen MR) is 72.7 cm³/mol. The van der Waals surface area contributed by atoms with Gasteiger partial charge in [0.05, 0.1) is 12.2 Å². The smallest absolute Gasteiger partial charge is 0.272 e. The Balaban J connectivity index is 1.99. The van der Waals surface area contributed by atoms with Gasteiger partial charge in [0.1, 0.15) is 5.69 Å². The quantitative estimate of drug-likeness (QED) is 0.885. The average molecular weight is 258 g/mol. The van der Waals surface area contributed by atoms with Crippen molar-refractivity contribution in [1.29, 1.82) is 0 Å². The molecule has 2 N–H and O–H groups in total. The lowest BCUT2D eigenvalue weighted by atomic mass is 9.92. The summed E-state index contributed by atoms with van der Waals surface area (Å²) in [4.78, 5) is 16.1. The first kappa shape index (κ1) is 13.3. The third-order valence-electron chi connectivity index (χ3n) is 2.77. The molecule has 2 aromatic rings. The second-order valence-corrected chi connectivity index (χ2v) is 5.42. The van der Waals surface area contributed by atoms with Crippen LogP contribution in [-0.4, -0.2) is 21.1 Å². The van der Waals surface area contributed by atoms with E-state index in [4.69, 9.17) is 0 Å². The molecule has 0 fully saturated rings. The summed E-state index contributed by atoms with van der Waals surface area (Å²) in [6, 6.07) is 7.38. The SMILES string of the molecule is CC(C)(C)c1cc(C(=O)NCc2ccccn2)n[nH]1.